The van der Waals surface area contributed by atoms with Crippen molar-refractivity contribution in [1.29, 1.82) is 0 Å². The lowest BCUT2D eigenvalue weighted by atomic mass is 10.1. The van der Waals surface area contributed by atoms with E-state index in [9.17, 15) is 14.4 Å². The molecule has 0 aliphatic heterocycles. The highest BCUT2D eigenvalue weighted by Crippen LogP contribution is 2.19. The number of aliphatic carboxylic acids is 1. The second-order valence-electron chi connectivity index (χ2n) is 5.49. The van der Waals surface area contributed by atoms with E-state index in [1.807, 2.05) is 13.8 Å². The molecule has 0 saturated heterocycles. The molecule has 0 spiro atoms. The van der Waals surface area contributed by atoms with E-state index in [1.165, 1.54) is 18.2 Å². The number of benzene rings is 1. The molecule has 0 radical (unpaired) electrons. The van der Waals surface area contributed by atoms with Crippen LogP contribution in [-0.2, 0) is 14.3 Å². The number of anilines is 1. The van der Waals surface area contributed by atoms with Crippen molar-refractivity contribution in [3.63, 3.8) is 0 Å². The van der Waals surface area contributed by atoms with Crippen molar-refractivity contribution in [1.82, 2.24) is 0 Å². The first-order valence-corrected chi connectivity index (χ1v) is 8.43. The largest absolute Gasteiger partial charge is 0.480 e. The van der Waals surface area contributed by atoms with Crippen LogP contribution in [0.4, 0.5) is 5.69 Å². The second-order valence-corrected chi connectivity index (χ2v) is 5.49. The zero-order chi connectivity index (χ0) is 18.7. The maximum absolute atomic E-state index is 12.3. The summed E-state index contributed by atoms with van der Waals surface area (Å²) >= 11 is 0. The first-order valence-electron chi connectivity index (χ1n) is 8.43. The average molecular weight is 351 g/mol. The van der Waals surface area contributed by atoms with Crippen molar-refractivity contribution >= 4 is 23.6 Å². The van der Waals surface area contributed by atoms with E-state index in [4.69, 9.17) is 14.6 Å². The zero-order valence-corrected chi connectivity index (χ0v) is 14.7. The van der Waals surface area contributed by atoms with Gasteiger partial charge in [-0.05, 0) is 31.0 Å². The standard InChI is InChI=1S/C18H25NO6/c1-3-5-9-24-17(22)14-8-7-13(19-12-16(20)21)11-15(14)18(23)25-10-6-4-2/h7-8,11,19H,3-6,9-10,12H2,1-2H3,(H,20,21). The molecule has 25 heavy (non-hydrogen) atoms. The van der Waals surface area contributed by atoms with Gasteiger partial charge in [0.05, 0.1) is 24.3 Å². The minimum Gasteiger partial charge on any atom is -0.480 e. The molecule has 0 aliphatic carbocycles. The Morgan fingerprint density at radius 3 is 2.04 bits per heavy atom. The minimum atomic E-state index is -1.03. The van der Waals surface area contributed by atoms with Gasteiger partial charge in [-0.15, -0.1) is 0 Å². The van der Waals surface area contributed by atoms with Gasteiger partial charge in [0.25, 0.3) is 0 Å². The molecule has 0 heterocycles. The SMILES string of the molecule is CCCCOC(=O)c1ccc(NCC(=O)O)cc1C(=O)OCCCC. The van der Waals surface area contributed by atoms with E-state index >= 15 is 0 Å². The zero-order valence-electron chi connectivity index (χ0n) is 14.7. The van der Waals surface area contributed by atoms with E-state index in [0.29, 0.717) is 5.69 Å². The maximum atomic E-state index is 12.3. The number of carbonyl (C=O) groups excluding carboxylic acids is 2. The van der Waals surface area contributed by atoms with E-state index in [-0.39, 0.29) is 30.9 Å². The van der Waals surface area contributed by atoms with Crippen molar-refractivity contribution < 1.29 is 29.0 Å². The fraction of sp³-hybridized carbons (Fsp3) is 0.500. The predicted molar refractivity (Wildman–Crippen MR) is 92.9 cm³/mol. The van der Waals surface area contributed by atoms with Gasteiger partial charge in [-0.25, -0.2) is 9.59 Å². The van der Waals surface area contributed by atoms with Gasteiger partial charge in [-0.1, -0.05) is 26.7 Å². The monoisotopic (exact) mass is 351 g/mol. The Labute approximate surface area is 147 Å². The summed E-state index contributed by atoms with van der Waals surface area (Å²) in [6.07, 6.45) is 3.22. The lowest BCUT2D eigenvalue weighted by molar-refractivity contribution is -0.134. The lowest BCUT2D eigenvalue weighted by Gasteiger charge is -2.12. The fourth-order valence-corrected chi connectivity index (χ4v) is 1.95. The molecular weight excluding hydrogens is 326 g/mol. The van der Waals surface area contributed by atoms with Crippen LogP contribution in [0.1, 0.15) is 60.2 Å². The van der Waals surface area contributed by atoms with Crippen LogP contribution in [0.2, 0.25) is 0 Å². The molecule has 0 aliphatic rings. The summed E-state index contributed by atoms with van der Waals surface area (Å²) < 4.78 is 10.3. The molecule has 0 unspecified atom stereocenters. The summed E-state index contributed by atoms with van der Waals surface area (Å²) in [5.41, 5.74) is 0.585. The van der Waals surface area contributed by atoms with Crippen molar-refractivity contribution in [3.8, 4) is 0 Å². The van der Waals surface area contributed by atoms with Crippen LogP contribution < -0.4 is 5.32 Å². The van der Waals surface area contributed by atoms with Crippen LogP contribution >= 0.6 is 0 Å². The van der Waals surface area contributed by atoms with Gasteiger partial charge >= 0.3 is 17.9 Å². The molecule has 0 aromatic heterocycles. The highest BCUT2D eigenvalue weighted by atomic mass is 16.5. The molecule has 138 valence electrons. The van der Waals surface area contributed by atoms with E-state index in [1.54, 1.807) is 0 Å². The van der Waals surface area contributed by atoms with Crippen LogP contribution in [0.3, 0.4) is 0 Å². The Balaban J connectivity index is 2.97. The first kappa shape index (κ1) is 20.5. The number of carbonyl (C=O) groups is 3. The molecule has 2 N–H and O–H groups in total. The van der Waals surface area contributed by atoms with Crippen molar-refractivity contribution in [2.45, 2.75) is 39.5 Å². The van der Waals surface area contributed by atoms with Gasteiger partial charge in [0, 0.05) is 5.69 Å². The predicted octanol–water partition coefficient (Wildman–Crippen LogP) is 3.10. The molecule has 1 rings (SSSR count). The second kappa shape index (κ2) is 11.1. The summed E-state index contributed by atoms with van der Waals surface area (Å²) in [6, 6.07) is 4.38. The number of nitrogens with one attached hydrogen (secondary N) is 1. The van der Waals surface area contributed by atoms with E-state index in [2.05, 4.69) is 5.32 Å². The first-order chi connectivity index (χ1) is 12.0. The number of carboxylic acid groups (broad SMARTS) is 1. The quantitative estimate of drug-likeness (QED) is 0.466. The van der Waals surface area contributed by atoms with E-state index in [0.717, 1.165) is 25.7 Å². The molecule has 1 aromatic carbocycles. The number of ether oxygens (including phenoxy) is 2. The topological polar surface area (TPSA) is 102 Å². The summed E-state index contributed by atoms with van der Waals surface area (Å²) in [5.74, 6) is -2.26. The average Bonchev–Trinajstić information content (AvgIpc) is 2.60. The Morgan fingerprint density at radius 1 is 0.960 bits per heavy atom. The Bertz CT molecular complexity index is 599. The normalized spacial score (nSPS) is 10.2. The molecule has 0 bridgehead atoms. The third-order valence-corrected chi connectivity index (χ3v) is 3.37. The van der Waals surface area contributed by atoms with Gasteiger partial charge in [0.1, 0.15) is 6.54 Å². The number of esters is 2. The van der Waals surface area contributed by atoms with Crippen molar-refractivity contribution in [2.75, 3.05) is 25.1 Å². The van der Waals surface area contributed by atoms with Gasteiger partial charge in [0.2, 0.25) is 0 Å². The number of carboxylic acids is 1. The molecule has 1 aromatic rings. The summed E-state index contributed by atoms with van der Waals surface area (Å²) in [6.45, 7) is 4.18. The summed E-state index contributed by atoms with van der Waals surface area (Å²) in [7, 11) is 0. The number of hydrogen-bond donors (Lipinski definition) is 2. The number of unbranched alkanes of at least 4 members (excludes halogenated alkanes) is 2. The summed E-state index contributed by atoms with van der Waals surface area (Å²) in [4.78, 5) is 35.2. The van der Waals surface area contributed by atoms with Crippen LogP contribution in [-0.4, -0.2) is 42.8 Å². The van der Waals surface area contributed by atoms with Gasteiger partial charge in [-0.3, -0.25) is 4.79 Å². The highest BCUT2D eigenvalue weighted by molar-refractivity contribution is 6.04. The molecule has 0 saturated carbocycles. The van der Waals surface area contributed by atoms with Gasteiger partial charge in [0.15, 0.2) is 0 Å². The summed E-state index contributed by atoms with van der Waals surface area (Å²) in [5, 5.41) is 11.4. The molecule has 0 atom stereocenters. The molecule has 0 fully saturated rings. The lowest BCUT2D eigenvalue weighted by Crippen LogP contribution is -2.17. The number of rotatable bonds is 11. The maximum Gasteiger partial charge on any atom is 0.339 e. The van der Waals surface area contributed by atoms with Crippen LogP contribution in [0, 0.1) is 0 Å². The number of hydrogen-bond acceptors (Lipinski definition) is 6. The van der Waals surface area contributed by atoms with Gasteiger partial charge in [-0.2, -0.15) is 0 Å². The fourth-order valence-electron chi connectivity index (χ4n) is 1.95. The Kier molecular flexibility index (Phi) is 9.06. The van der Waals surface area contributed by atoms with Crippen molar-refractivity contribution in [3.05, 3.63) is 29.3 Å². The van der Waals surface area contributed by atoms with Crippen LogP contribution in [0.15, 0.2) is 18.2 Å². The molecule has 7 nitrogen and oxygen atoms in total. The molecular formula is C18H25NO6. The van der Waals surface area contributed by atoms with Crippen molar-refractivity contribution in [2.24, 2.45) is 0 Å². The minimum absolute atomic E-state index is 0.0630. The van der Waals surface area contributed by atoms with Crippen LogP contribution in [0.25, 0.3) is 0 Å². The van der Waals surface area contributed by atoms with Gasteiger partial charge < -0.3 is 19.9 Å². The van der Waals surface area contributed by atoms with Crippen LogP contribution in [0.5, 0.6) is 0 Å². The highest BCUT2D eigenvalue weighted by Gasteiger charge is 2.20. The smallest absolute Gasteiger partial charge is 0.339 e. The molecule has 7 heteroatoms. The molecule has 0 amide bonds. The third-order valence-electron chi connectivity index (χ3n) is 3.37. The third kappa shape index (κ3) is 7.24. The van der Waals surface area contributed by atoms with E-state index < -0.39 is 17.9 Å². The Morgan fingerprint density at radius 2 is 1.52 bits per heavy atom. The Hall–Kier alpha value is -2.57.